The zero-order valence-corrected chi connectivity index (χ0v) is 14.9. The molecule has 3 aromatic carbocycles. The summed E-state index contributed by atoms with van der Waals surface area (Å²) < 4.78 is 0. The van der Waals surface area contributed by atoms with Crippen LogP contribution in [-0.4, -0.2) is 13.3 Å². The summed E-state index contributed by atoms with van der Waals surface area (Å²) in [6.45, 7) is 0. The van der Waals surface area contributed by atoms with Crippen LogP contribution in [0.2, 0.25) is 0 Å². The normalized spacial score (nSPS) is 21.2. The van der Waals surface area contributed by atoms with Gasteiger partial charge in [-0.3, -0.25) is 4.79 Å². The van der Waals surface area contributed by atoms with Gasteiger partial charge in [0.1, 0.15) is 6.29 Å². The molecule has 1 aliphatic heterocycles. The van der Waals surface area contributed by atoms with Crippen LogP contribution >= 0.6 is 0 Å². The molecule has 128 valence electrons. The third kappa shape index (κ3) is 1.96. The molecule has 2 heteroatoms. The van der Waals surface area contributed by atoms with Crippen LogP contribution in [0.3, 0.4) is 0 Å². The number of likely N-dealkylation sites (N-methyl/N-ethyl adjacent to an activating group) is 1. The summed E-state index contributed by atoms with van der Waals surface area (Å²) in [5.74, 6) is 0. The van der Waals surface area contributed by atoms with E-state index in [0.717, 1.165) is 31.1 Å². The highest BCUT2D eigenvalue weighted by Crippen LogP contribution is 2.58. The van der Waals surface area contributed by atoms with Gasteiger partial charge in [0.15, 0.2) is 0 Å². The Morgan fingerprint density at radius 3 is 2.58 bits per heavy atom. The van der Waals surface area contributed by atoms with Crippen molar-refractivity contribution in [2.75, 3.05) is 11.9 Å². The Balaban J connectivity index is 1.83. The first-order valence-corrected chi connectivity index (χ1v) is 9.23. The minimum absolute atomic E-state index is 0.109. The molecule has 0 radical (unpaired) electrons. The molecule has 2 nitrogen and oxygen atoms in total. The summed E-state index contributed by atoms with van der Waals surface area (Å²) in [5.41, 5.74) is 6.03. The lowest BCUT2D eigenvalue weighted by molar-refractivity contribution is -0.105. The third-order valence-electron chi connectivity index (χ3n) is 6.15. The summed E-state index contributed by atoms with van der Waals surface area (Å²) in [5, 5.41) is 2.59. The second-order valence-corrected chi connectivity index (χ2v) is 7.48. The summed E-state index contributed by atoms with van der Waals surface area (Å²) in [6.07, 6.45) is 3.87. The van der Waals surface area contributed by atoms with Gasteiger partial charge in [-0.25, -0.2) is 0 Å². The molecule has 0 saturated heterocycles. The Labute approximate surface area is 153 Å². The van der Waals surface area contributed by atoms with Gasteiger partial charge < -0.3 is 4.90 Å². The predicted molar refractivity (Wildman–Crippen MR) is 106 cm³/mol. The number of hydrogen-bond donors (Lipinski definition) is 0. The number of aldehydes is 1. The van der Waals surface area contributed by atoms with Crippen LogP contribution in [0, 0.1) is 0 Å². The number of nitrogens with zero attached hydrogens (tertiary/aromatic N) is 1. The first-order chi connectivity index (χ1) is 12.7. The lowest BCUT2D eigenvalue weighted by Crippen LogP contribution is -2.29. The van der Waals surface area contributed by atoms with Gasteiger partial charge in [-0.2, -0.15) is 0 Å². The predicted octanol–water partition coefficient (Wildman–Crippen LogP) is 5.02. The number of fused-ring (bicyclic) bond motifs is 5. The summed E-state index contributed by atoms with van der Waals surface area (Å²) in [6, 6.07) is 23.7. The van der Waals surface area contributed by atoms with Crippen LogP contribution in [0.25, 0.3) is 10.8 Å². The van der Waals surface area contributed by atoms with E-state index < -0.39 is 0 Å². The topological polar surface area (TPSA) is 20.3 Å². The van der Waals surface area contributed by atoms with Crippen molar-refractivity contribution in [3.63, 3.8) is 0 Å². The molecule has 0 amide bonds. The lowest BCUT2D eigenvalue weighted by atomic mass is 9.73. The minimum atomic E-state index is -0.109. The standard InChI is InChI=1S/C24H21NO/c1-25-21-12-11-18-9-5-6-10-20(18)22(21)24(14-13-19(16-26)23(24)25)15-17-7-3-2-4-8-17/h2-12,16H,13-15H2,1H3. The second kappa shape index (κ2) is 5.57. The number of allylic oxidation sites excluding steroid dienone is 2. The van der Waals surface area contributed by atoms with Gasteiger partial charge in [0.2, 0.25) is 0 Å². The largest absolute Gasteiger partial charge is 0.347 e. The maximum absolute atomic E-state index is 11.8. The lowest BCUT2D eigenvalue weighted by Gasteiger charge is -2.29. The van der Waals surface area contributed by atoms with Crippen molar-refractivity contribution in [3.8, 4) is 0 Å². The van der Waals surface area contributed by atoms with Gasteiger partial charge >= 0.3 is 0 Å². The highest BCUT2D eigenvalue weighted by Gasteiger charge is 2.51. The van der Waals surface area contributed by atoms with Gasteiger partial charge in [0.05, 0.1) is 0 Å². The molecule has 3 aromatic rings. The molecule has 1 heterocycles. The molecule has 1 aliphatic carbocycles. The fraction of sp³-hybridized carbons (Fsp3) is 0.208. The van der Waals surface area contributed by atoms with Crippen molar-refractivity contribution in [1.82, 2.24) is 0 Å². The monoisotopic (exact) mass is 339 g/mol. The molecule has 0 saturated carbocycles. The average Bonchev–Trinajstić information content (AvgIpc) is 3.16. The fourth-order valence-corrected chi connectivity index (χ4v) is 5.15. The maximum Gasteiger partial charge on any atom is 0.147 e. The molecule has 0 bridgehead atoms. The molecule has 1 atom stereocenters. The third-order valence-corrected chi connectivity index (χ3v) is 6.15. The Kier molecular flexibility index (Phi) is 3.30. The summed E-state index contributed by atoms with van der Waals surface area (Å²) in [4.78, 5) is 14.1. The van der Waals surface area contributed by atoms with Crippen molar-refractivity contribution in [2.45, 2.75) is 24.7 Å². The molecular formula is C24H21NO. The van der Waals surface area contributed by atoms with Crippen molar-refractivity contribution in [1.29, 1.82) is 0 Å². The van der Waals surface area contributed by atoms with E-state index in [1.807, 2.05) is 0 Å². The van der Waals surface area contributed by atoms with E-state index in [1.54, 1.807) is 0 Å². The van der Waals surface area contributed by atoms with Crippen LogP contribution < -0.4 is 4.90 Å². The smallest absolute Gasteiger partial charge is 0.147 e. The van der Waals surface area contributed by atoms with Gasteiger partial charge in [0, 0.05) is 29.4 Å². The SMILES string of the molecule is CN1C2=C(C=O)CCC2(Cc2ccccc2)c2c1ccc1ccccc21. The Morgan fingerprint density at radius 1 is 1.00 bits per heavy atom. The second-order valence-electron chi connectivity index (χ2n) is 7.48. The Morgan fingerprint density at radius 2 is 1.77 bits per heavy atom. The highest BCUT2D eigenvalue weighted by molar-refractivity contribution is 5.97. The average molecular weight is 339 g/mol. The summed E-state index contributed by atoms with van der Waals surface area (Å²) in [7, 11) is 2.12. The van der Waals surface area contributed by atoms with E-state index in [2.05, 4.69) is 78.7 Å². The molecule has 2 aliphatic rings. The number of hydrogen-bond acceptors (Lipinski definition) is 2. The van der Waals surface area contributed by atoms with Crippen molar-refractivity contribution < 1.29 is 4.79 Å². The highest BCUT2D eigenvalue weighted by atomic mass is 16.1. The first kappa shape index (κ1) is 15.4. The maximum atomic E-state index is 11.8. The van der Waals surface area contributed by atoms with Crippen LogP contribution in [-0.2, 0) is 16.6 Å². The van der Waals surface area contributed by atoms with E-state index in [9.17, 15) is 4.79 Å². The van der Waals surface area contributed by atoms with Crippen LogP contribution in [0.15, 0.2) is 78.0 Å². The Bertz CT molecular complexity index is 1050. The van der Waals surface area contributed by atoms with E-state index in [0.29, 0.717) is 0 Å². The fourth-order valence-electron chi connectivity index (χ4n) is 5.15. The van der Waals surface area contributed by atoms with Gasteiger partial charge in [0.25, 0.3) is 0 Å². The zero-order chi connectivity index (χ0) is 17.7. The molecule has 0 fully saturated rings. The van der Waals surface area contributed by atoms with E-state index >= 15 is 0 Å². The van der Waals surface area contributed by atoms with E-state index in [1.165, 1.54) is 33.3 Å². The molecule has 26 heavy (non-hydrogen) atoms. The number of carbonyl (C=O) groups is 1. The summed E-state index contributed by atoms with van der Waals surface area (Å²) >= 11 is 0. The molecule has 0 aromatic heterocycles. The molecule has 5 rings (SSSR count). The molecule has 0 N–H and O–H groups in total. The molecule has 1 unspecified atom stereocenters. The Hall–Kier alpha value is -2.87. The number of rotatable bonds is 3. The molecule has 0 spiro atoms. The van der Waals surface area contributed by atoms with Gasteiger partial charge in [-0.15, -0.1) is 0 Å². The van der Waals surface area contributed by atoms with Gasteiger partial charge in [-0.05, 0) is 47.2 Å². The van der Waals surface area contributed by atoms with Crippen LogP contribution in [0.4, 0.5) is 5.69 Å². The zero-order valence-electron chi connectivity index (χ0n) is 14.9. The first-order valence-electron chi connectivity index (χ1n) is 9.23. The van der Waals surface area contributed by atoms with Crippen molar-refractivity contribution in [3.05, 3.63) is 89.1 Å². The minimum Gasteiger partial charge on any atom is -0.347 e. The number of anilines is 1. The van der Waals surface area contributed by atoms with Crippen LogP contribution in [0.1, 0.15) is 24.0 Å². The number of carbonyl (C=O) groups excluding carboxylic acids is 1. The quantitative estimate of drug-likeness (QED) is 0.625. The van der Waals surface area contributed by atoms with E-state index in [4.69, 9.17) is 0 Å². The molecular weight excluding hydrogens is 318 g/mol. The van der Waals surface area contributed by atoms with Crippen LogP contribution in [0.5, 0.6) is 0 Å². The van der Waals surface area contributed by atoms with Crippen molar-refractivity contribution >= 4 is 22.7 Å². The van der Waals surface area contributed by atoms with E-state index in [-0.39, 0.29) is 5.41 Å². The van der Waals surface area contributed by atoms with Crippen molar-refractivity contribution in [2.24, 2.45) is 0 Å². The number of benzene rings is 3. The van der Waals surface area contributed by atoms with Gasteiger partial charge in [-0.1, -0.05) is 60.7 Å².